The quantitative estimate of drug-likeness (QED) is 0.0905. The highest BCUT2D eigenvalue weighted by Gasteiger charge is 2.24. The highest BCUT2D eigenvalue weighted by molar-refractivity contribution is 9.10. The fraction of sp³-hybridized carbons (Fsp3) is 0.286. The maximum atomic E-state index is 6.83. The first-order chi connectivity index (χ1) is 30.3. The Morgan fingerprint density at radius 2 is 0.597 bits per heavy atom. The molecule has 0 heterocycles. The number of ether oxygens (including phenoxy) is 4. The Hall–Kier alpha value is -5.04. The van der Waals surface area contributed by atoms with E-state index in [0.29, 0.717) is 52.1 Å². The van der Waals surface area contributed by atoms with E-state index in [1.54, 1.807) is 0 Å². The lowest BCUT2D eigenvalue weighted by Crippen LogP contribution is -2.10. The van der Waals surface area contributed by atoms with E-state index in [9.17, 15) is 0 Å². The summed E-state index contributed by atoms with van der Waals surface area (Å²) in [6.45, 7) is 11.1. The lowest BCUT2D eigenvalue weighted by atomic mass is 9.89. The van der Waals surface area contributed by atoms with Crippen LogP contribution in [0, 0.1) is 0 Å². The lowest BCUT2D eigenvalue weighted by molar-refractivity contribution is 0.304. The predicted molar refractivity (Wildman–Crippen MR) is 266 cm³/mol. The minimum absolute atomic E-state index is 0.611. The molecular weight excluding hydrogens is 896 g/mol. The molecular formula is C56H58Br2O4. The second kappa shape index (κ2) is 22.4. The third-order valence-corrected chi connectivity index (χ3v) is 11.7. The molecule has 0 unspecified atom stereocenters. The van der Waals surface area contributed by atoms with Gasteiger partial charge in [0.1, 0.15) is 23.0 Å². The van der Waals surface area contributed by atoms with Crippen LogP contribution in [0.4, 0.5) is 0 Å². The van der Waals surface area contributed by atoms with Crippen molar-refractivity contribution in [2.45, 2.75) is 79.1 Å². The zero-order chi connectivity index (χ0) is 43.3. The Morgan fingerprint density at radius 1 is 0.355 bits per heavy atom. The van der Waals surface area contributed by atoms with Gasteiger partial charge >= 0.3 is 0 Å². The summed E-state index contributed by atoms with van der Waals surface area (Å²) < 4.78 is 29.3. The minimum Gasteiger partial charge on any atom is -0.493 e. The molecule has 6 aromatic rings. The summed E-state index contributed by atoms with van der Waals surface area (Å²) in [5.41, 5.74) is 13.5. The average Bonchev–Trinajstić information content (AvgIpc) is 3.27. The summed E-state index contributed by atoms with van der Waals surface area (Å²) in [5, 5.41) is 0. The van der Waals surface area contributed by atoms with Crippen molar-refractivity contribution < 1.29 is 18.9 Å². The van der Waals surface area contributed by atoms with E-state index >= 15 is 0 Å². The maximum Gasteiger partial charge on any atom is 0.126 e. The van der Waals surface area contributed by atoms with Gasteiger partial charge in [0.2, 0.25) is 0 Å². The van der Waals surface area contributed by atoms with Crippen molar-refractivity contribution in [2.75, 3.05) is 26.4 Å². The van der Waals surface area contributed by atoms with Crippen LogP contribution in [-0.4, -0.2) is 26.4 Å². The van der Waals surface area contributed by atoms with E-state index < -0.39 is 0 Å². The molecule has 4 nitrogen and oxygen atoms in total. The molecule has 6 aromatic carbocycles. The van der Waals surface area contributed by atoms with Crippen LogP contribution in [-0.2, 0) is 25.7 Å². The van der Waals surface area contributed by atoms with E-state index in [4.69, 9.17) is 18.9 Å². The summed E-state index contributed by atoms with van der Waals surface area (Å²) in [5.74, 6) is 3.70. The Morgan fingerprint density at radius 3 is 0.855 bits per heavy atom. The van der Waals surface area contributed by atoms with Crippen molar-refractivity contribution >= 4 is 56.2 Å². The van der Waals surface area contributed by atoms with Crippen molar-refractivity contribution in [1.29, 1.82) is 0 Å². The van der Waals surface area contributed by atoms with Crippen molar-refractivity contribution in [3.8, 4) is 23.0 Å². The van der Waals surface area contributed by atoms with E-state index in [-0.39, 0.29) is 0 Å². The van der Waals surface area contributed by atoms with Crippen LogP contribution in [0.3, 0.4) is 0 Å². The second-order valence-electron chi connectivity index (χ2n) is 16.0. The molecule has 0 atom stereocenters. The van der Waals surface area contributed by atoms with Crippen molar-refractivity contribution in [3.05, 3.63) is 185 Å². The third-order valence-electron chi connectivity index (χ3n) is 10.8. The molecule has 1 aliphatic carbocycles. The molecule has 0 aliphatic heterocycles. The molecule has 0 fully saturated rings. The van der Waals surface area contributed by atoms with Gasteiger partial charge in [-0.05, 0) is 119 Å². The molecule has 7 rings (SSSR count). The van der Waals surface area contributed by atoms with Gasteiger partial charge in [-0.25, -0.2) is 0 Å². The lowest BCUT2D eigenvalue weighted by Gasteiger charge is -2.24. The summed E-state index contributed by atoms with van der Waals surface area (Å²) in [6, 6.07) is 39.1. The van der Waals surface area contributed by atoms with Crippen LogP contribution in [0.2, 0.25) is 0 Å². The first-order valence-corrected chi connectivity index (χ1v) is 23.9. The van der Waals surface area contributed by atoms with Gasteiger partial charge in [-0.2, -0.15) is 0 Å². The van der Waals surface area contributed by atoms with E-state index in [1.165, 1.54) is 0 Å². The number of halogens is 2. The normalized spacial score (nSPS) is 12.5. The summed E-state index contributed by atoms with van der Waals surface area (Å²) in [7, 11) is 0. The number of fused-ring (bicyclic) bond motifs is 8. The van der Waals surface area contributed by atoms with Crippen molar-refractivity contribution in [3.63, 3.8) is 0 Å². The summed E-state index contributed by atoms with van der Waals surface area (Å²) in [6.07, 6.45) is 14.9. The summed E-state index contributed by atoms with van der Waals surface area (Å²) >= 11 is 7.91. The van der Waals surface area contributed by atoms with Crippen molar-refractivity contribution in [1.82, 2.24) is 0 Å². The zero-order valence-electron chi connectivity index (χ0n) is 36.6. The van der Waals surface area contributed by atoms with Gasteiger partial charge in [0.15, 0.2) is 0 Å². The molecule has 0 aromatic heterocycles. The van der Waals surface area contributed by atoms with Gasteiger partial charge in [-0.15, -0.1) is 0 Å². The van der Waals surface area contributed by atoms with Gasteiger partial charge in [-0.1, -0.05) is 145 Å². The smallest absolute Gasteiger partial charge is 0.126 e. The van der Waals surface area contributed by atoms with Crippen LogP contribution in [0.15, 0.2) is 118 Å². The van der Waals surface area contributed by atoms with Gasteiger partial charge in [-0.3, -0.25) is 0 Å². The molecule has 0 N–H and O–H groups in total. The van der Waals surface area contributed by atoms with E-state index in [2.05, 4.69) is 193 Å². The van der Waals surface area contributed by atoms with Crippen LogP contribution in [0.5, 0.6) is 23.0 Å². The molecule has 1 aliphatic rings. The molecule has 320 valence electrons. The SMILES string of the molecule is CCCOc1c2cc(Br)cc1Cc1cc(/C=C/c3ccccc3)cc(c1OCCC)Cc1cc(Br)cc(c1OCCC)Cc1cc(/C=C/c3ccccc3)cc(c1OCCC)C2. The minimum atomic E-state index is 0.611. The second-order valence-corrected chi connectivity index (χ2v) is 17.9. The number of benzene rings is 6. The van der Waals surface area contributed by atoms with Crippen LogP contribution in [0.25, 0.3) is 24.3 Å². The highest BCUT2D eigenvalue weighted by Crippen LogP contribution is 2.42. The molecule has 8 bridgehead atoms. The largest absolute Gasteiger partial charge is 0.493 e. The molecule has 6 heteroatoms. The molecule has 0 radical (unpaired) electrons. The monoisotopic (exact) mass is 952 g/mol. The molecule has 0 spiro atoms. The van der Waals surface area contributed by atoms with Crippen LogP contribution >= 0.6 is 31.9 Å². The highest BCUT2D eigenvalue weighted by atomic mass is 79.9. The summed E-state index contributed by atoms with van der Waals surface area (Å²) in [4.78, 5) is 0. The van der Waals surface area contributed by atoms with Gasteiger partial charge in [0.25, 0.3) is 0 Å². The fourth-order valence-corrected chi connectivity index (χ4v) is 9.23. The fourth-order valence-electron chi connectivity index (χ4n) is 8.12. The number of hydrogen-bond donors (Lipinski definition) is 0. The first-order valence-electron chi connectivity index (χ1n) is 22.3. The Kier molecular flexibility index (Phi) is 16.2. The zero-order valence-corrected chi connectivity index (χ0v) is 39.7. The molecule has 0 saturated carbocycles. The Labute approximate surface area is 386 Å². The van der Waals surface area contributed by atoms with Crippen LogP contribution < -0.4 is 18.9 Å². The van der Waals surface area contributed by atoms with Crippen molar-refractivity contribution in [2.24, 2.45) is 0 Å². The van der Waals surface area contributed by atoms with Gasteiger partial charge in [0.05, 0.1) is 26.4 Å². The molecule has 0 amide bonds. The standard InChI is InChI=1S/C56H58Br2O4/c1-5-23-59-53-43-27-41(21-19-39-15-11-9-12-16-39)28-44(53)32-48-36-52(58)38-50(56(48)62-26-8-4)34-46-30-42(22-20-40-17-13-10-14-18-40)29-45(54(46)60-24-6-2)33-49-37-51(57)35-47(31-43)55(49)61-25-7-3/h9-22,27-30,35-38H,5-8,23-26,31-34H2,1-4H3/b21-19+,22-20+. The Bertz CT molecular complexity index is 2220. The first kappa shape index (κ1) is 45.0. The molecule has 0 saturated heterocycles. The predicted octanol–water partition coefficient (Wildman–Crippen LogP) is 15.4. The molecule has 62 heavy (non-hydrogen) atoms. The average molecular weight is 955 g/mol. The van der Waals surface area contributed by atoms with Crippen LogP contribution in [0.1, 0.15) is 120 Å². The third kappa shape index (κ3) is 11.7. The number of rotatable bonds is 16. The number of hydrogen-bond acceptors (Lipinski definition) is 4. The van der Waals surface area contributed by atoms with E-state index in [1.807, 2.05) is 0 Å². The van der Waals surface area contributed by atoms with Gasteiger partial charge in [0, 0.05) is 56.9 Å². The topological polar surface area (TPSA) is 36.9 Å². The maximum absolute atomic E-state index is 6.83. The Balaban J connectivity index is 1.51. The van der Waals surface area contributed by atoms with E-state index in [0.717, 1.165) is 124 Å². The van der Waals surface area contributed by atoms with Gasteiger partial charge < -0.3 is 18.9 Å².